The van der Waals surface area contributed by atoms with Crippen LogP contribution in [0.2, 0.25) is 5.02 Å². The first-order chi connectivity index (χ1) is 12.1. The minimum Gasteiger partial charge on any atom is -0.357 e. The summed E-state index contributed by atoms with van der Waals surface area (Å²) in [5.41, 5.74) is 0. The number of amides is 1. The average molecular weight is 365 g/mol. The fourth-order valence-corrected chi connectivity index (χ4v) is 3.93. The van der Waals surface area contributed by atoms with E-state index in [2.05, 4.69) is 27.0 Å². The Morgan fingerprint density at radius 3 is 2.64 bits per heavy atom. The molecule has 2 saturated heterocycles. The highest BCUT2D eigenvalue weighted by Crippen LogP contribution is 2.23. The van der Waals surface area contributed by atoms with Crippen molar-refractivity contribution in [1.29, 1.82) is 0 Å². The highest BCUT2D eigenvalue weighted by molar-refractivity contribution is 6.30. The minimum absolute atomic E-state index is 0.127. The molecule has 0 bridgehead atoms. The lowest BCUT2D eigenvalue weighted by molar-refractivity contribution is -0.125. The lowest BCUT2D eigenvalue weighted by Crippen LogP contribution is -2.42. The van der Waals surface area contributed by atoms with E-state index < -0.39 is 0 Å². The van der Waals surface area contributed by atoms with Crippen molar-refractivity contribution in [2.24, 2.45) is 11.8 Å². The summed E-state index contributed by atoms with van der Waals surface area (Å²) in [6.07, 6.45) is 6.09. The summed E-state index contributed by atoms with van der Waals surface area (Å²) in [5, 5.41) is 3.82. The van der Waals surface area contributed by atoms with Crippen LogP contribution in [0.1, 0.15) is 32.6 Å². The first kappa shape index (κ1) is 18.5. The molecule has 2 aliphatic heterocycles. The van der Waals surface area contributed by atoms with Crippen LogP contribution in [0.5, 0.6) is 0 Å². The molecule has 25 heavy (non-hydrogen) atoms. The smallest absolute Gasteiger partial charge is 0.223 e. The van der Waals surface area contributed by atoms with Gasteiger partial charge in [-0.1, -0.05) is 18.5 Å². The van der Waals surface area contributed by atoms with Crippen molar-refractivity contribution in [1.82, 2.24) is 15.2 Å². The molecule has 1 unspecified atom stereocenters. The second-order valence-electron chi connectivity index (χ2n) is 7.45. The summed E-state index contributed by atoms with van der Waals surface area (Å²) < 4.78 is 0. The average Bonchev–Trinajstić information content (AvgIpc) is 3.13. The van der Waals surface area contributed by atoms with Gasteiger partial charge in [0.1, 0.15) is 5.82 Å². The lowest BCUT2D eigenvalue weighted by atomic mass is 9.95. The number of rotatable bonds is 6. The number of likely N-dealkylation sites (tertiary alicyclic amines) is 1. The van der Waals surface area contributed by atoms with Gasteiger partial charge in [0.2, 0.25) is 5.91 Å². The molecule has 1 aromatic heterocycles. The van der Waals surface area contributed by atoms with Gasteiger partial charge in [-0.3, -0.25) is 4.79 Å². The van der Waals surface area contributed by atoms with Crippen molar-refractivity contribution in [3.8, 4) is 0 Å². The second kappa shape index (κ2) is 8.86. The number of aromatic nitrogens is 1. The van der Waals surface area contributed by atoms with Crippen molar-refractivity contribution >= 4 is 23.3 Å². The minimum atomic E-state index is 0.127. The van der Waals surface area contributed by atoms with Crippen LogP contribution in [0, 0.1) is 11.8 Å². The number of anilines is 1. The Morgan fingerprint density at radius 2 is 2.00 bits per heavy atom. The van der Waals surface area contributed by atoms with Gasteiger partial charge in [-0.25, -0.2) is 4.98 Å². The number of nitrogens with zero attached hydrogens (tertiary/aromatic N) is 3. The van der Waals surface area contributed by atoms with Crippen LogP contribution in [-0.4, -0.2) is 55.1 Å². The maximum atomic E-state index is 12.5. The SMILES string of the molecule is CC(CNC(=O)C1CCN(c2ccc(Cl)cn2)CC1)CN1CCCC1. The molecule has 3 heterocycles. The van der Waals surface area contributed by atoms with E-state index in [0.717, 1.165) is 44.8 Å². The first-order valence-electron chi connectivity index (χ1n) is 9.48. The van der Waals surface area contributed by atoms with E-state index >= 15 is 0 Å². The largest absolute Gasteiger partial charge is 0.357 e. The van der Waals surface area contributed by atoms with Crippen LogP contribution in [0.3, 0.4) is 0 Å². The van der Waals surface area contributed by atoms with E-state index in [4.69, 9.17) is 11.6 Å². The number of hydrogen-bond acceptors (Lipinski definition) is 4. The van der Waals surface area contributed by atoms with Gasteiger partial charge in [-0.15, -0.1) is 0 Å². The molecular formula is C19H29ClN4O. The topological polar surface area (TPSA) is 48.5 Å². The van der Waals surface area contributed by atoms with Gasteiger partial charge >= 0.3 is 0 Å². The van der Waals surface area contributed by atoms with E-state index in [0.29, 0.717) is 10.9 Å². The predicted molar refractivity (Wildman–Crippen MR) is 102 cm³/mol. The predicted octanol–water partition coefficient (Wildman–Crippen LogP) is 2.80. The molecule has 0 radical (unpaired) electrons. The van der Waals surface area contributed by atoms with Gasteiger partial charge in [0.05, 0.1) is 5.02 Å². The first-order valence-corrected chi connectivity index (χ1v) is 9.86. The molecule has 0 aliphatic carbocycles. The third-order valence-corrected chi connectivity index (χ3v) is 5.52. The fourth-order valence-electron chi connectivity index (χ4n) is 3.82. The normalized spacial score (nSPS) is 20.6. The molecular weight excluding hydrogens is 336 g/mol. The van der Waals surface area contributed by atoms with E-state index in [-0.39, 0.29) is 11.8 Å². The fraction of sp³-hybridized carbons (Fsp3) is 0.684. The molecule has 5 nitrogen and oxygen atoms in total. The number of carbonyl (C=O) groups is 1. The zero-order valence-electron chi connectivity index (χ0n) is 15.1. The summed E-state index contributed by atoms with van der Waals surface area (Å²) in [6, 6.07) is 3.81. The Bertz CT molecular complexity index is 551. The lowest BCUT2D eigenvalue weighted by Gasteiger charge is -2.32. The van der Waals surface area contributed by atoms with Crippen molar-refractivity contribution < 1.29 is 4.79 Å². The van der Waals surface area contributed by atoms with E-state index in [1.807, 2.05) is 12.1 Å². The molecule has 1 aromatic rings. The maximum Gasteiger partial charge on any atom is 0.223 e. The number of piperidine rings is 1. The standard InChI is InChI=1S/C19H29ClN4O/c1-15(14-23-8-2-3-9-23)12-22-19(25)16-6-10-24(11-7-16)18-5-4-17(20)13-21-18/h4-5,13,15-16H,2-3,6-12,14H2,1H3,(H,22,25). The quantitative estimate of drug-likeness (QED) is 0.843. The summed E-state index contributed by atoms with van der Waals surface area (Å²) >= 11 is 5.89. The monoisotopic (exact) mass is 364 g/mol. The van der Waals surface area contributed by atoms with Crippen LogP contribution in [0.15, 0.2) is 18.3 Å². The summed E-state index contributed by atoms with van der Waals surface area (Å²) in [4.78, 5) is 21.6. The van der Waals surface area contributed by atoms with Gasteiger partial charge in [0.25, 0.3) is 0 Å². The maximum absolute atomic E-state index is 12.5. The zero-order chi connectivity index (χ0) is 17.6. The van der Waals surface area contributed by atoms with Crippen molar-refractivity contribution in [2.75, 3.05) is 44.2 Å². The van der Waals surface area contributed by atoms with Crippen molar-refractivity contribution in [2.45, 2.75) is 32.6 Å². The molecule has 0 saturated carbocycles. The van der Waals surface area contributed by atoms with E-state index in [9.17, 15) is 4.79 Å². The van der Waals surface area contributed by atoms with Crippen LogP contribution >= 0.6 is 11.6 Å². The Labute approximate surface area is 155 Å². The third-order valence-electron chi connectivity index (χ3n) is 5.29. The molecule has 1 amide bonds. The Balaban J connectivity index is 1.38. The van der Waals surface area contributed by atoms with Crippen LogP contribution < -0.4 is 10.2 Å². The Morgan fingerprint density at radius 1 is 1.28 bits per heavy atom. The molecule has 1 N–H and O–H groups in total. The molecule has 1 atom stereocenters. The molecule has 2 aliphatic rings. The van der Waals surface area contributed by atoms with Gasteiger partial charge in [-0.05, 0) is 56.8 Å². The molecule has 3 rings (SSSR count). The summed E-state index contributed by atoms with van der Waals surface area (Å²) in [5.74, 6) is 1.81. The van der Waals surface area contributed by atoms with Gasteiger partial charge in [0.15, 0.2) is 0 Å². The van der Waals surface area contributed by atoms with Gasteiger partial charge in [-0.2, -0.15) is 0 Å². The summed E-state index contributed by atoms with van der Waals surface area (Å²) in [6.45, 7) is 8.29. The molecule has 138 valence electrons. The highest BCUT2D eigenvalue weighted by Gasteiger charge is 2.26. The Hall–Kier alpha value is -1.33. The van der Waals surface area contributed by atoms with Crippen molar-refractivity contribution in [3.63, 3.8) is 0 Å². The highest BCUT2D eigenvalue weighted by atomic mass is 35.5. The zero-order valence-corrected chi connectivity index (χ0v) is 15.8. The number of halogens is 1. The van der Waals surface area contributed by atoms with Crippen LogP contribution in [0.4, 0.5) is 5.82 Å². The number of nitrogens with one attached hydrogen (secondary N) is 1. The summed E-state index contributed by atoms with van der Waals surface area (Å²) in [7, 11) is 0. The third kappa shape index (κ3) is 5.32. The molecule has 0 aromatic carbocycles. The second-order valence-corrected chi connectivity index (χ2v) is 7.89. The Kier molecular flexibility index (Phi) is 6.54. The van der Waals surface area contributed by atoms with Crippen molar-refractivity contribution in [3.05, 3.63) is 23.4 Å². The number of carbonyl (C=O) groups excluding carboxylic acids is 1. The van der Waals surface area contributed by atoms with Gasteiger partial charge < -0.3 is 15.1 Å². The van der Waals surface area contributed by atoms with E-state index in [1.54, 1.807) is 6.20 Å². The van der Waals surface area contributed by atoms with Crippen LogP contribution in [-0.2, 0) is 4.79 Å². The molecule has 2 fully saturated rings. The van der Waals surface area contributed by atoms with Gasteiger partial charge in [0, 0.05) is 38.3 Å². The number of hydrogen-bond donors (Lipinski definition) is 1. The van der Waals surface area contributed by atoms with Crippen LogP contribution in [0.25, 0.3) is 0 Å². The van der Waals surface area contributed by atoms with E-state index in [1.165, 1.54) is 25.9 Å². The molecule has 0 spiro atoms. The number of pyridine rings is 1. The molecule has 6 heteroatoms.